The van der Waals surface area contributed by atoms with Gasteiger partial charge in [0.05, 0.1) is 27.2 Å². The number of quaternary nitrogens is 1. The van der Waals surface area contributed by atoms with Crippen LogP contribution < -0.4 is 24.0 Å². The van der Waals surface area contributed by atoms with E-state index >= 15 is 0 Å². The molecule has 0 heterocycles. The summed E-state index contributed by atoms with van der Waals surface area (Å²) in [5, 5.41) is 9.73. The Hall–Kier alpha value is 1.19. The van der Waals surface area contributed by atoms with Crippen LogP contribution in [0.15, 0.2) is 0 Å². The van der Waals surface area contributed by atoms with Gasteiger partial charge >= 0.3 is 0 Å². The summed E-state index contributed by atoms with van der Waals surface area (Å²) in [6.45, 7) is 3.04. The lowest BCUT2D eigenvalue weighted by atomic mass is 10.5. The van der Waals surface area contributed by atoms with Crippen molar-refractivity contribution in [2.75, 3.05) is 34.4 Å². The number of aliphatic hydroxyl groups excluding tert-OH is 1. The van der Waals surface area contributed by atoms with Gasteiger partial charge in [-0.05, 0) is 25.2 Å². The monoisotopic (exact) mass is 383 g/mol. The SMILES string of the molecule is CC(C)OP(C)(=O)SC(O)C[N+](C)(C)C.[I-]. The summed E-state index contributed by atoms with van der Waals surface area (Å²) >= 11 is 1.03. The molecule has 0 radical (unpaired) electrons. The minimum atomic E-state index is -2.73. The number of hydrogen-bond acceptors (Lipinski definition) is 4. The summed E-state index contributed by atoms with van der Waals surface area (Å²) in [4.78, 5) is 0. The molecule has 0 aliphatic carbocycles. The molecule has 100 valence electrons. The largest absolute Gasteiger partial charge is 1.00 e. The maximum atomic E-state index is 11.9. The molecular weight excluding hydrogens is 360 g/mol. The third-order valence-corrected chi connectivity index (χ3v) is 5.14. The highest BCUT2D eigenvalue weighted by atomic mass is 127. The third kappa shape index (κ3) is 11.7. The van der Waals surface area contributed by atoms with Crippen molar-refractivity contribution in [2.45, 2.75) is 25.4 Å². The van der Waals surface area contributed by atoms with Gasteiger partial charge in [0.2, 0.25) is 0 Å². The van der Waals surface area contributed by atoms with Crippen LogP contribution in [0.2, 0.25) is 0 Å². The predicted molar refractivity (Wildman–Crippen MR) is 66.2 cm³/mol. The summed E-state index contributed by atoms with van der Waals surface area (Å²) in [5.74, 6) is 0. The fourth-order valence-corrected chi connectivity index (χ4v) is 5.09. The van der Waals surface area contributed by atoms with Crippen molar-refractivity contribution in [1.29, 1.82) is 0 Å². The Morgan fingerprint density at radius 3 is 2.12 bits per heavy atom. The maximum Gasteiger partial charge on any atom is 0.257 e. The molecule has 0 aliphatic heterocycles. The number of halogens is 1. The van der Waals surface area contributed by atoms with E-state index in [1.807, 2.05) is 35.0 Å². The highest BCUT2D eigenvalue weighted by Gasteiger charge is 2.26. The molecule has 0 spiro atoms. The van der Waals surface area contributed by atoms with Gasteiger partial charge in [0, 0.05) is 6.66 Å². The topological polar surface area (TPSA) is 46.5 Å². The molecule has 4 nitrogen and oxygen atoms in total. The molecule has 0 saturated carbocycles. The Morgan fingerprint density at radius 1 is 1.38 bits per heavy atom. The van der Waals surface area contributed by atoms with Crippen molar-refractivity contribution < 1.29 is 42.7 Å². The first-order chi connectivity index (χ1) is 6.52. The molecule has 0 aliphatic rings. The number of aliphatic hydroxyl groups is 1. The lowest BCUT2D eigenvalue weighted by Crippen LogP contribution is -3.00. The quantitative estimate of drug-likeness (QED) is 0.277. The second kappa shape index (κ2) is 7.59. The van der Waals surface area contributed by atoms with Crippen LogP contribution in [0.1, 0.15) is 13.8 Å². The zero-order valence-corrected chi connectivity index (χ0v) is 14.7. The van der Waals surface area contributed by atoms with Crippen LogP contribution in [-0.4, -0.2) is 55.5 Å². The second-order valence-corrected chi connectivity index (χ2v) is 10.1. The van der Waals surface area contributed by atoms with Gasteiger partial charge in [0.25, 0.3) is 6.57 Å². The standard InChI is InChI=1S/C9H23NO3PS.HI/c1-8(2)13-14(6,12)15-9(11)7-10(3,4)5;/h8-9,11H,7H2,1-6H3;1H/q+1;/p-1. The molecule has 2 unspecified atom stereocenters. The van der Waals surface area contributed by atoms with E-state index in [0.717, 1.165) is 11.4 Å². The molecule has 7 heteroatoms. The number of rotatable bonds is 6. The fraction of sp³-hybridized carbons (Fsp3) is 1.00. The molecule has 2 atom stereocenters. The van der Waals surface area contributed by atoms with Crippen molar-refractivity contribution >= 4 is 18.0 Å². The maximum absolute atomic E-state index is 11.9. The lowest BCUT2D eigenvalue weighted by molar-refractivity contribution is -0.871. The van der Waals surface area contributed by atoms with Gasteiger partial charge in [-0.1, -0.05) is 0 Å². The normalized spacial score (nSPS) is 17.8. The zero-order chi connectivity index (χ0) is 12.3. The van der Waals surface area contributed by atoms with Crippen molar-refractivity contribution in [3.63, 3.8) is 0 Å². The number of hydrogen-bond donors (Lipinski definition) is 1. The molecule has 0 rings (SSSR count). The lowest BCUT2D eigenvalue weighted by Gasteiger charge is -2.27. The zero-order valence-electron chi connectivity index (χ0n) is 10.8. The van der Waals surface area contributed by atoms with Gasteiger partial charge < -0.3 is 38.1 Å². The summed E-state index contributed by atoms with van der Waals surface area (Å²) in [6.07, 6.45) is -0.0790. The van der Waals surface area contributed by atoms with Crippen molar-refractivity contribution in [3.8, 4) is 0 Å². The minimum Gasteiger partial charge on any atom is -1.00 e. The third-order valence-electron chi connectivity index (χ3n) is 1.42. The van der Waals surface area contributed by atoms with Gasteiger partial charge in [-0.3, -0.25) is 4.57 Å². The first-order valence-electron chi connectivity index (χ1n) is 4.95. The summed E-state index contributed by atoms with van der Waals surface area (Å²) in [7, 11) is 5.94. The summed E-state index contributed by atoms with van der Waals surface area (Å²) in [5.41, 5.74) is -0.653. The summed E-state index contributed by atoms with van der Waals surface area (Å²) in [6, 6.07) is 0. The average molecular weight is 383 g/mol. The van der Waals surface area contributed by atoms with Gasteiger partial charge in [0.15, 0.2) is 5.44 Å². The summed E-state index contributed by atoms with van der Waals surface area (Å²) < 4.78 is 17.8. The van der Waals surface area contributed by atoms with Gasteiger partial charge in [-0.2, -0.15) is 0 Å². The van der Waals surface area contributed by atoms with E-state index in [1.165, 1.54) is 0 Å². The highest BCUT2D eigenvalue weighted by Crippen LogP contribution is 2.58. The van der Waals surface area contributed by atoms with Crippen molar-refractivity contribution in [2.24, 2.45) is 0 Å². The molecule has 0 bridgehead atoms. The molecule has 0 saturated heterocycles. The van der Waals surface area contributed by atoms with E-state index in [0.29, 0.717) is 11.0 Å². The van der Waals surface area contributed by atoms with Crippen LogP contribution >= 0.6 is 18.0 Å². The molecule has 1 N–H and O–H groups in total. The van der Waals surface area contributed by atoms with Crippen LogP contribution in [0, 0.1) is 0 Å². The Bertz CT molecular complexity index is 245. The molecular formula is C9H23INO3PS. The molecule has 0 aromatic rings. The Labute approximate surface area is 120 Å². The van der Waals surface area contributed by atoms with E-state index < -0.39 is 12.0 Å². The second-order valence-electron chi connectivity index (χ2n) is 4.96. The van der Waals surface area contributed by atoms with Gasteiger partial charge in [-0.25, -0.2) is 0 Å². The smallest absolute Gasteiger partial charge is 0.257 e. The number of nitrogens with zero attached hydrogens (tertiary/aromatic N) is 1. The first-order valence-corrected chi connectivity index (χ1v) is 8.50. The Balaban J connectivity index is 0. The minimum absolute atomic E-state index is 0. The predicted octanol–water partition coefficient (Wildman–Crippen LogP) is -1.00. The van der Waals surface area contributed by atoms with E-state index in [-0.39, 0.29) is 30.1 Å². The molecule has 16 heavy (non-hydrogen) atoms. The number of likely N-dealkylation sites (N-methyl/N-ethyl adjacent to an activating group) is 1. The van der Waals surface area contributed by atoms with E-state index in [2.05, 4.69) is 0 Å². The molecule has 0 amide bonds. The average Bonchev–Trinajstić information content (AvgIpc) is 1.73. The fourth-order valence-electron chi connectivity index (χ4n) is 1.13. The highest BCUT2D eigenvalue weighted by molar-refractivity contribution is 8.56. The van der Waals surface area contributed by atoms with Crippen molar-refractivity contribution in [1.82, 2.24) is 0 Å². The van der Waals surface area contributed by atoms with Crippen LogP contribution in [0.3, 0.4) is 0 Å². The van der Waals surface area contributed by atoms with Crippen molar-refractivity contribution in [3.05, 3.63) is 0 Å². The van der Waals surface area contributed by atoms with Gasteiger partial charge in [0.1, 0.15) is 6.54 Å². The van der Waals surface area contributed by atoms with E-state index in [4.69, 9.17) is 4.52 Å². The first kappa shape index (κ1) is 19.5. The van der Waals surface area contributed by atoms with E-state index in [1.54, 1.807) is 6.66 Å². The molecule has 0 aromatic carbocycles. The van der Waals surface area contributed by atoms with Crippen LogP contribution in [0.4, 0.5) is 0 Å². The molecule has 0 aromatic heterocycles. The van der Waals surface area contributed by atoms with Crippen LogP contribution in [0.5, 0.6) is 0 Å². The Kier molecular flexibility index (Phi) is 9.26. The van der Waals surface area contributed by atoms with Crippen LogP contribution in [-0.2, 0) is 9.09 Å². The van der Waals surface area contributed by atoms with E-state index in [9.17, 15) is 9.67 Å². The van der Waals surface area contributed by atoms with Crippen LogP contribution in [0.25, 0.3) is 0 Å². The molecule has 0 fully saturated rings. The Morgan fingerprint density at radius 2 is 1.81 bits per heavy atom. The van der Waals surface area contributed by atoms with Gasteiger partial charge in [-0.15, -0.1) is 0 Å².